The molecule has 4 heteroatoms. The van der Waals surface area contributed by atoms with Gasteiger partial charge in [0.1, 0.15) is 0 Å². The molecule has 4 nitrogen and oxygen atoms in total. The van der Waals surface area contributed by atoms with Crippen molar-refractivity contribution in [3.63, 3.8) is 0 Å². The van der Waals surface area contributed by atoms with Crippen LogP contribution < -0.4 is 11.3 Å². The lowest BCUT2D eigenvalue weighted by atomic mass is 9.39. The topological polar surface area (TPSA) is 85.9 Å². The Balaban J connectivity index is 0.00000120. The zero-order valence-corrected chi connectivity index (χ0v) is 12.0. The van der Waals surface area contributed by atoms with Crippen LogP contribution in [-0.2, 0) is 4.74 Å². The van der Waals surface area contributed by atoms with Crippen LogP contribution in [0.4, 0.5) is 4.79 Å². The highest BCUT2D eigenvalue weighted by Crippen LogP contribution is 2.71. The van der Waals surface area contributed by atoms with Crippen LogP contribution in [0.25, 0.3) is 0 Å². The molecule has 0 heterocycles. The van der Waals surface area contributed by atoms with Crippen molar-refractivity contribution in [1.82, 2.24) is 6.15 Å². The van der Waals surface area contributed by atoms with Crippen LogP contribution in [0.15, 0.2) is 0 Å². The standard InChI is InChI=1S/C14H22O3.H3N/c1-11-4-12(2)6-13(3,5-11)9-14(7-11,8-12)17-10(15)16;/h4-9H2,1-3H3,(H,15,16);1H3. The molecule has 4 aliphatic rings. The zero-order valence-electron chi connectivity index (χ0n) is 12.0. The zero-order chi connectivity index (χ0) is 12.5. The fourth-order valence-electron chi connectivity index (χ4n) is 6.46. The summed E-state index contributed by atoms with van der Waals surface area (Å²) in [5.74, 6) is 0. The summed E-state index contributed by atoms with van der Waals surface area (Å²) < 4.78 is 5.25. The van der Waals surface area contributed by atoms with Gasteiger partial charge >= 0.3 is 0 Å². The van der Waals surface area contributed by atoms with E-state index in [2.05, 4.69) is 20.8 Å². The maximum Gasteiger partial charge on any atom is 0.252 e. The summed E-state index contributed by atoms with van der Waals surface area (Å²) in [7, 11) is 0. The van der Waals surface area contributed by atoms with Crippen molar-refractivity contribution in [2.45, 2.75) is 64.9 Å². The quantitative estimate of drug-likeness (QED) is 0.731. The van der Waals surface area contributed by atoms with Crippen molar-refractivity contribution in [3.8, 4) is 0 Å². The summed E-state index contributed by atoms with van der Waals surface area (Å²) in [5, 5.41) is 10.9. The van der Waals surface area contributed by atoms with Crippen LogP contribution >= 0.6 is 0 Å². The lowest BCUT2D eigenvalue weighted by molar-refractivity contribution is -0.316. The van der Waals surface area contributed by atoms with Crippen LogP contribution in [0.1, 0.15) is 59.3 Å². The van der Waals surface area contributed by atoms with Gasteiger partial charge in [-0.05, 0) is 54.8 Å². The number of carboxylic acid groups (broad SMARTS) is 1. The summed E-state index contributed by atoms with van der Waals surface area (Å²) in [4.78, 5) is 10.9. The average Bonchev–Trinajstić information content (AvgIpc) is 1.87. The van der Waals surface area contributed by atoms with Crippen molar-refractivity contribution in [2.75, 3.05) is 0 Å². The summed E-state index contributed by atoms with van der Waals surface area (Å²) in [6, 6.07) is 0. The van der Waals surface area contributed by atoms with E-state index in [0.717, 1.165) is 19.3 Å². The van der Waals surface area contributed by atoms with Gasteiger partial charge in [0.15, 0.2) is 0 Å². The SMILES string of the molecule is CC12CC3(C)CC(C)(C1)CC(OC(=O)[O-])(C2)C3.[NH4+]. The molecule has 4 N–H and O–H groups in total. The molecule has 104 valence electrons. The van der Waals surface area contributed by atoms with Crippen molar-refractivity contribution in [1.29, 1.82) is 0 Å². The summed E-state index contributed by atoms with van der Waals surface area (Å²) in [5.41, 5.74) is 0.320. The van der Waals surface area contributed by atoms with E-state index < -0.39 is 11.8 Å². The van der Waals surface area contributed by atoms with E-state index in [9.17, 15) is 9.90 Å². The minimum absolute atomic E-state index is 0. The van der Waals surface area contributed by atoms with Crippen LogP contribution in [0, 0.1) is 16.2 Å². The van der Waals surface area contributed by atoms with Gasteiger partial charge < -0.3 is 20.8 Å². The van der Waals surface area contributed by atoms with E-state index in [1.54, 1.807) is 0 Å². The molecule has 0 aliphatic heterocycles. The Morgan fingerprint density at radius 1 is 0.889 bits per heavy atom. The summed E-state index contributed by atoms with van der Waals surface area (Å²) in [6.45, 7) is 6.90. The number of hydrogen-bond donors (Lipinski definition) is 1. The summed E-state index contributed by atoms with van der Waals surface area (Å²) in [6.07, 6.45) is 4.97. The molecule has 4 aliphatic carbocycles. The predicted octanol–water partition coefficient (Wildman–Crippen LogP) is 2.86. The normalized spacial score (nSPS) is 52.8. The molecular formula is C14H25NO3. The molecular weight excluding hydrogens is 230 g/mol. The highest BCUT2D eigenvalue weighted by Gasteiger charge is 2.63. The molecule has 0 aromatic heterocycles. The van der Waals surface area contributed by atoms with Crippen molar-refractivity contribution < 1.29 is 14.6 Å². The fourth-order valence-corrected chi connectivity index (χ4v) is 6.46. The second kappa shape index (κ2) is 3.41. The van der Waals surface area contributed by atoms with Gasteiger partial charge in [-0.25, -0.2) is 0 Å². The first-order chi connectivity index (χ1) is 7.66. The average molecular weight is 255 g/mol. The number of carbonyl (C=O) groups is 1. The van der Waals surface area contributed by atoms with Crippen LogP contribution in [0.2, 0.25) is 0 Å². The molecule has 4 saturated carbocycles. The lowest BCUT2D eigenvalue weighted by Gasteiger charge is -2.69. The lowest BCUT2D eigenvalue weighted by Crippen LogP contribution is -2.63. The minimum atomic E-state index is -1.34. The third-order valence-corrected chi connectivity index (χ3v) is 5.11. The predicted molar refractivity (Wildman–Crippen MR) is 67.2 cm³/mol. The van der Waals surface area contributed by atoms with Gasteiger partial charge in [0.05, 0.1) is 5.60 Å². The second-order valence-corrected chi connectivity index (χ2v) is 8.03. The second-order valence-electron chi connectivity index (χ2n) is 8.03. The van der Waals surface area contributed by atoms with E-state index in [-0.39, 0.29) is 22.4 Å². The molecule has 0 aromatic rings. The van der Waals surface area contributed by atoms with Crippen molar-refractivity contribution in [3.05, 3.63) is 0 Å². The van der Waals surface area contributed by atoms with Crippen LogP contribution in [-0.4, -0.2) is 11.8 Å². The van der Waals surface area contributed by atoms with Gasteiger partial charge in [-0.3, -0.25) is 0 Å². The molecule has 4 rings (SSSR count). The summed E-state index contributed by atoms with van der Waals surface area (Å²) >= 11 is 0. The Labute approximate surface area is 109 Å². The van der Waals surface area contributed by atoms with Gasteiger partial charge in [-0.2, -0.15) is 0 Å². The van der Waals surface area contributed by atoms with Gasteiger partial charge in [-0.1, -0.05) is 20.8 Å². The van der Waals surface area contributed by atoms with E-state index in [1.807, 2.05) is 0 Å². The first kappa shape index (κ1) is 13.7. The van der Waals surface area contributed by atoms with Gasteiger partial charge in [0.2, 0.25) is 0 Å². The number of hydrogen-bond acceptors (Lipinski definition) is 3. The van der Waals surface area contributed by atoms with Gasteiger partial charge in [0, 0.05) is 0 Å². The largest absolute Gasteiger partial charge is 0.543 e. The number of quaternary nitrogens is 1. The first-order valence-corrected chi connectivity index (χ1v) is 6.56. The first-order valence-electron chi connectivity index (χ1n) is 6.56. The number of carbonyl (C=O) groups excluding carboxylic acids is 1. The Morgan fingerprint density at radius 2 is 1.22 bits per heavy atom. The highest BCUT2D eigenvalue weighted by molar-refractivity contribution is 5.55. The molecule has 0 amide bonds. The molecule has 0 saturated heterocycles. The van der Waals surface area contributed by atoms with Crippen LogP contribution in [0.3, 0.4) is 0 Å². The van der Waals surface area contributed by atoms with Gasteiger partial charge in [0.25, 0.3) is 6.16 Å². The maximum absolute atomic E-state index is 10.9. The molecule has 4 bridgehead atoms. The molecule has 0 unspecified atom stereocenters. The number of rotatable bonds is 1. The smallest absolute Gasteiger partial charge is 0.252 e. The number of ether oxygens (including phenoxy) is 1. The van der Waals surface area contributed by atoms with Crippen molar-refractivity contribution >= 4 is 6.16 Å². The van der Waals surface area contributed by atoms with Crippen molar-refractivity contribution in [2.24, 2.45) is 16.2 Å². The highest BCUT2D eigenvalue weighted by atomic mass is 16.7. The molecule has 4 fully saturated rings. The minimum Gasteiger partial charge on any atom is -0.543 e. The van der Waals surface area contributed by atoms with E-state index in [1.165, 1.54) is 19.3 Å². The Kier molecular flexibility index (Phi) is 2.59. The van der Waals surface area contributed by atoms with E-state index >= 15 is 0 Å². The monoisotopic (exact) mass is 255 g/mol. The Bertz CT molecular complexity index is 339. The molecule has 0 spiro atoms. The molecule has 0 radical (unpaired) electrons. The Hall–Kier alpha value is -0.770. The third-order valence-electron chi connectivity index (χ3n) is 5.11. The van der Waals surface area contributed by atoms with Crippen LogP contribution in [0.5, 0.6) is 0 Å². The maximum atomic E-state index is 10.9. The molecule has 0 atom stereocenters. The van der Waals surface area contributed by atoms with E-state index in [4.69, 9.17) is 4.74 Å². The molecule has 0 aromatic carbocycles. The van der Waals surface area contributed by atoms with Gasteiger partial charge in [-0.15, -0.1) is 0 Å². The van der Waals surface area contributed by atoms with E-state index in [0.29, 0.717) is 0 Å². The Morgan fingerprint density at radius 3 is 1.50 bits per heavy atom. The molecule has 18 heavy (non-hydrogen) atoms. The fraction of sp³-hybridized carbons (Fsp3) is 0.929. The third kappa shape index (κ3) is 1.91.